The van der Waals surface area contributed by atoms with E-state index in [-0.39, 0.29) is 11.7 Å². The van der Waals surface area contributed by atoms with Crippen LogP contribution >= 0.6 is 11.3 Å². The summed E-state index contributed by atoms with van der Waals surface area (Å²) in [6.07, 6.45) is 7.91. The number of pyridine rings is 1. The number of hydrogen-bond donors (Lipinski definition) is 0. The van der Waals surface area contributed by atoms with Crippen LogP contribution in [0.3, 0.4) is 0 Å². The van der Waals surface area contributed by atoms with Crippen molar-refractivity contribution in [2.75, 3.05) is 4.90 Å². The summed E-state index contributed by atoms with van der Waals surface area (Å²) in [5.41, 5.74) is 4.86. The molecule has 1 aliphatic rings. The summed E-state index contributed by atoms with van der Waals surface area (Å²) in [5.74, 6) is -0.413. The number of fused-ring (bicyclic) bond motifs is 2. The van der Waals surface area contributed by atoms with Crippen LogP contribution in [0.2, 0.25) is 0 Å². The van der Waals surface area contributed by atoms with E-state index >= 15 is 0 Å². The summed E-state index contributed by atoms with van der Waals surface area (Å²) in [6.45, 7) is 0.353. The van der Waals surface area contributed by atoms with Crippen molar-refractivity contribution < 1.29 is 9.18 Å². The van der Waals surface area contributed by atoms with Gasteiger partial charge in [-0.3, -0.25) is 14.7 Å². The van der Waals surface area contributed by atoms with Crippen LogP contribution in [-0.4, -0.2) is 15.9 Å². The minimum Gasteiger partial charge on any atom is -0.279 e. The maximum atomic E-state index is 13.7. The van der Waals surface area contributed by atoms with Gasteiger partial charge in [-0.1, -0.05) is 23.5 Å². The number of carbonyl (C=O) groups excluding carboxylic acids is 1. The first-order valence-electron chi connectivity index (χ1n) is 10.1. The summed E-state index contributed by atoms with van der Waals surface area (Å²) in [7, 11) is 0. The number of aryl methyl sites for hydroxylation is 2. The summed E-state index contributed by atoms with van der Waals surface area (Å²) < 4.78 is 14.4. The highest BCUT2D eigenvalue weighted by molar-refractivity contribution is 7.22. The van der Waals surface area contributed by atoms with E-state index in [0.29, 0.717) is 22.8 Å². The largest absolute Gasteiger partial charge is 0.279 e. The van der Waals surface area contributed by atoms with Crippen molar-refractivity contribution in [2.24, 2.45) is 0 Å². The van der Waals surface area contributed by atoms with Crippen molar-refractivity contribution in [1.82, 2.24) is 9.97 Å². The Hall–Kier alpha value is -3.12. The average molecular weight is 418 g/mol. The molecule has 4 aromatic rings. The molecule has 1 amide bonds. The Morgan fingerprint density at radius 3 is 2.77 bits per heavy atom. The first-order chi connectivity index (χ1) is 14.7. The van der Waals surface area contributed by atoms with Gasteiger partial charge in [0.2, 0.25) is 0 Å². The maximum absolute atomic E-state index is 13.7. The number of thiazole rings is 1. The third-order valence-corrected chi connectivity index (χ3v) is 6.52. The van der Waals surface area contributed by atoms with E-state index in [4.69, 9.17) is 0 Å². The third-order valence-electron chi connectivity index (χ3n) is 5.47. The minimum absolute atomic E-state index is 0.105. The molecule has 0 bridgehead atoms. The van der Waals surface area contributed by atoms with Crippen molar-refractivity contribution in [2.45, 2.75) is 32.2 Å². The zero-order valence-corrected chi connectivity index (χ0v) is 17.2. The van der Waals surface area contributed by atoms with E-state index in [2.05, 4.69) is 16.0 Å². The summed E-state index contributed by atoms with van der Waals surface area (Å²) >= 11 is 1.32. The van der Waals surface area contributed by atoms with Gasteiger partial charge in [0.05, 0.1) is 16.8 Å². The van der Waals surface area contributed by atoms with Gasteiger partial charge in [-0.15, -0.1) is 0 Å². The van der Waals surface area contributed by atoms with Crippen LogP contribution in [0.4, 0.5) is 9.52 Å². The molecule has 0 aliphatic heterocycles. The van der Waals surface area contributed by atoms with Crippen molar-refractivity contribution in [3.63, 3.8) is 0 Å². The Labute approximate surface area is 178 Å². The predicted molar refractivity (Wildman–Crippen MR) is 117 cm³/mol. The normalized spacial score (nSPS) is 13.2. The topological polar surface area (TPSA) is 46.1 Å². The lowest BCUT2D eigenvalue weighted by atomic mass is 9.90. The van der Waals surface area contributed by atoms with E-state index in [1.54, 1.807) is 23.4 Å². The Morgan fingerprint density at radius 2 is 1.93 bits per heavy atom. The lowest BCUT2D eigenvalue weighted by molar-refractivity contribution is 0.0985. The van der Waals surface area contributed by atoms with Crippen molar-refractivity contribution in [3.05, 3.63) is 89.0 Å². The van der Waals surface area contributed by atoms with Gasteiger partial charge in [-0.05, 0) is 78.8 Å². The zero-order valence-electron chi connectivity index (χ0n) is 16.3. The van der Waals surface area contributed by atoms with Crippen LogP contribution in [-0.2, 0) is 19.4 Å². The van der Waals surface area contributed by atoms with Crippen molar-refractivity contribution >= 4 is 32.6 Å². The molecule has 2 heterocycles. The van der Waals surface area contributed by atoms with Gasteiger partial charge < -0.3 is 0 Å². The molecule has 0 saturated carbocycles. The number of nitrogens with zero attached hydrogens (tertiary/aromatic N) is 3. The molecule has 0 saturated heterocycles. The van der Waals surface area contributed by atoms with Crippen LogP contribution < -0.4 is 4.90 Å². The van der Waals surface area contributed by atoms with E-state index < -0.39 is 0 Å². The smallest absolute Gasteiger partial charge is 0.260 e. The van der Waals surface area contributed by atoms with Gasteiger partial charge in [0.25, 0.3) is 5.91 Å². The molecule has 0 unspecified atom stereocenters. The van der Waals surface area contributed by atoms with E-state index in [0.717, 1.165) is 29.5 Å². The fourth-order valence-electron chi connectivity index (χ4n) is 3.92. The molecule has 1 aliphatic carbocycles. The first kappa shape index (κ1) is 18.9. The van der Waals surface area contributed by atoms with Gasteiger partial charge in [0, 0.05) is 18.0 Å². The van der Waals surface area contributed by atoms with E-state index in [9.17, 15) is 9.18 Å². The van der Waals surface area contributed by atoms with Crippen LogP contribution in [0, 0.1) is 5.82 Å². The van der Waals surface area contributed by atoms with Crippen LogP contribution in [0.15, 0.2) is 60.9 Å². The Bertz CT molecular complexity index is 1220. The Balaban J connectivity index is 1.55. The number of amides is 1. The third kappa shape index (κ3) is 3.71. The number of halogens is 1. The average Bonchev–Trinajstić information content (AvgIpc) is 3.20. The lowest BCUT2D eigenvalue weighted by Gasteiger charge is -2.22. The van der Waals surface area contributed by atoms with Gasteiger partial charge in [-0.25, -0.2) is 9.37 Å². The molecular formula is C24H20FN3OS. The molecule has 0 spiro atoms. The molecule has 0 radical (unpaired) electrons. The molecule has 30 heavy (non-hydrogen) atoms. The van der Waals surface area contributed by atoms with E-state index in [1.807, 2.05) is 24.3 Å². The molecule has 0 atom stereocenters. The Kier molecular flexibility index (Phi) is 5.01. The molecule has 4 nitrogen and oxygen atoms in total. The number of benzene rings is 2. The number of hydrogen-bond acceptors (Lipinski definition) is 4. The van der Waals surface area contributed by atoms with Crippen LogP contribution in [0.25, 0.3) is 10.2 Å². The van der Waals surface area contributed by atoms with Gasteiger partial charge >= 0.3 is 0 Å². The second kappa shape index (κ2) is 7.95. The zero-order chi connectivity index (χ0) is 20.5. The predicted octanol–water partition coefficient (Wildman–Crippen LogP) is 5.56. The van der Waals surface area contributed by atoms with Crippen molar-refractivity contribution in [1.29, 1.82) is 0 Å². The monoisotopic (exact) mass is 417 g/mol. The fourth-order valence-corrected chi connectivity index (χ4v) is 4.91. The SMILES string of the molecule is O=C(c1ccc2c(c1)CCCC2)N(Cc1cccnc1)c1nc2ccc(F)cc2s1. The quantitative estimate of drug-likeness (QED) is 0.437. The number of anilines is 1. The van der Waals surface area contributed by atoms with Gasteiger partial charge in [0.15, 0.2) is 5.13 Å². The number of rotatable bonds is 4. The molecule has 6 heteroatoms. The maximum Gasteiger partial charge on any atom is 0.260 e. The molecule has 150 valence electrons. The molecule has 0 fully saturated rings. The highest BCUT2D eigenvalue weighted by Crippen LogP contribution is 2.32. The summed E-state index contributed by atoms with van der Waals surface area (Å²) in [5, 5.41) is 0.558. The minimum atomic E-state index is -0.308. The number of aromatic nitrogens is 2. The van der Waals surface area contributed by atoms with Crippen LogP contribution in [0.1, 0.15) is 39.9 Å². The molecule has 2 aromatic heterocycles. The second-order valence-corrected chi connectivity index (χ2v) is 8.56. The highest BCUT2D eigenvalue weighted by Gasteiger charge is 2.23. The highest BCUT2D eigenvalue weighted by atomic mass is 32.1. The van der Waals surface area contributed by atoms with Gasteiger partial charge in [0.1, 0.15) is 5.82 Å². The van der Waals surface area contributed by atoms with Crippen LogP contribution in [0.5, 0.6) is 0 Å². The van der Waals surface area contributed by atoms with Gasteiger partial charge in [-0.2, -0.15) is 0 Å². The second-order valence-electron chi connectivity index (χ2n) is 7.55. The molecule has 0 N–H and O–H groups in total. The molecule has 5 rings (SSSR count). The van der Waals surface area contributed by atoms with E-state index in [1.165, 1.54) is 41.0 Å². The first-order valence-corrected chi connectivity index (χ1v) is 10.9. The van der Waals surface area contributed by atoms with Crippen molar-refractivity contribution in [3.8, 4) is 0 Å². The lowest BCUT2D eigenvalue weighted by Crippen LogP contribution is -2.30. The fraction of sp³-hybridized carbons (Fsp3) is 0.208. The standard InChI is InChI=1S/C24H20FN3OS/c25-20-9-10-21-22(13-20)30-24(27-21)28(15-16-4-3-11-26-14-16)23(29)19-8-7-17-5-1-2-6-18(17)12-19/h3-4,7-14H,1-2,5-6,15H2. The Morgan fingerprint density at radius 1 is 1.07 bits per heavy atom. The summed E-state index contributed by atoms with van der Waals surface area (Å²) in [4.78, 5) is 24.0. The summed E-state index contributed by atoms with van der Waals surface area (Å²) in [6, 6.07) is 14.3. The molecular weight excluding hydrogens is 397 g/mol. The molecule has 2 aromatic carbocycles. The number of carbonyl (C=O) groups is 1.